The molecule has 0 saturated carbocycles. The highest BCUT2D eigenvalue weighted by molar-refractivity contribution is 6.35. The predicted molar refractivity (Wildman–Crippen MR) is 59.2 cm³/mol. The van der Waals surface area contributed by atoms with Crippen LogP contribution in [0, 0.1) is 10.1 Å². The van der Waals surface area contributed by atoms with Gasteiger partial charge in [0, 0.05) is 12.1 Å². The van der Waals surface area contributed by atoms with Crippen molar-refractivity contribution >= 4 is 34.7 Å². The fraction of sp³-hybridized carbons (Fsp3) is 0. The standard InChI is InChI=1S/C10H5ClN2O4/c11-7-3-5(1-2-8(7)13(16)17)6-4-9(14)12-10(6)15/h1-4H,(H,12,14,15). The average Bonchev–Trinajstić information content (AvgIpc) is 2.57. The van der Waals surface area contributed by atoms with E-state index in [0.29, 0.717) is 5.56 Å². The third kappa shape index (κ3) is 2.02. The van der Waals surface area contributed by atoms with E-state index in [9.17, 15) is 19.7 Å². The van der Waals surface area contributed by atoms with E-state index in [0.717, 1.165) is 6.08 Å². The lowest BCUT2D eigenvalue weighted by Crippen LogP contribution is -2.21. The Balaban J connectivity index is 2.46. The lowest BCUT2D eigenvalue weighted by molar-refractivity contribution is -0.384. The second-order valence-corrected chi connectivity index (χ2v) is 3.71. The highest BCUT2D eigenvalue weighted by Gasteiger charge is 2.23. The summed E-state index contributed by atoms with van der Waals surface area (Å²) in [5.41, 5.74) is 0.261. The largest absolute Gasteiger partial charge is 0.289 e. The van der Waals surface area contributed by atoms with Crippen LogP contribution in [0.25, 0.3) is 5.57 Å². The molecule has 1 heterocycles. The molecule has 0 radical (unpaired) electrons. The van der Waals surface area contributed by atoms with Crippen LogP contribution < -0.4 is 5.32 Å². The van der Waals surface area contributed by atoms with Crippen molar-refractivity contribution in [2.45, 2.75) is 0 Å². The third-order valence-corrected chi connectivity index (χ3v) is 2.51. The first kappa shape index (κ1) is 11.3. The number of carbonyl (C=O) groups is 2. The SMILES string of the molecule is O=C1C=C(c2ccc([N+](=O)[O-])c(Cl)c2)C(=O)N1. The van der Waals surface area contributed by atoms with E-state index in [1.807, 2.05) is 0 Å². The Bertz CT molecular complexity index is 580. The van der Waals surface area contributed by atoms with E-state index >= 15 is 0 Å². The molecule has 0 spiro atoms. The summed E-state index contributed by atoms with van der Waals surface area (Å²) in [6.07, 6.45) is 1.12. The smallest absolute Gasteiger partial charge is 0.287 e. The van der Waals surface area contributed by atoms with Gasteiger partial charge in [0.1, 0.15) is 5.02 Å². The molecular formula is C10H5ClN2O4. The first-order chi connectivity index (χ1) is 7.99. The molecule has 86 valence electrons. The second kappa shape index (κ2) is 3.99. The normalized spacial score (nSPS) is 14.5. The van der Waals surface area contributed by atoms with Crippen LogP contribution in [0.3, 0.4) is 0 Å². The molecule has 0 fully saturated rings. The Hall–Kier alpha value is -2.21. The maximum absolute atomic E-state index is 11.3. The monoisotopic (exact) mass is 252 g/mol. The maximum Gasteiger partial charge on any atom is 0.287 e. The molecular weight excluding hydrogens is 248 g/mol. The molecule has 1 aromatic rings. The van der Waals surface area contributed by atoms with E-state index in [1.54, 1.807) is 0 Å². The number of hydrogen-bond donors (Lipinski definition) is 1. The van der Waals surface area contributed by atoms with Crippen LogP contribution in [0.5, 0.6) is 0 Å². The zero-order valence-electron chi connectivity index (χ0n) is 8.27. The van der Waals surface area contributed by atoms with Crippen LogP contribution in [0.2, 0.25) is 5.02 Å². The number of benzene rings is 1. The van der Waals surface area contributed by atoms with E-state index in [-0.39, 0.29) is 16.3 Å². The van der Waals surface area contributed by atoms with E-state index in [1.165, 1.54) is 18.2 Å². The Kier molecular flexibility index (Phi) is 2.64. The van der Waals surface area contributed by atoms with Gasteiger partial charge in [-0.05, 0) is 17.7 Å². The minimum absolute atomic E-state index is 0.0828. The molecule has 17 heavy (non-hydrogen) atoms. The van der Waals surface area contributed by atoms with Gasteiger partial charge >= 0.3 is 0 Å². The highest BCUT2D eigenvalue weighted by Crippen LogP contribution is 2.28. The van der Waals surface area contributed by atoms with Crippen molar-refractivity contribution in [3.8, 4) is 0 Å². The molecule has 2 rings (SSSR count). The van der Waals surface area contributed by atoms with Gasteiger partial charge in [-0.25, -0.2) is 0 Å². The minimum Gasteiger partial charge on any atom is -0.289 e. The summed E-state index contributed by atoms with van der Waals surface area (Å²) in [4.78, 5) is 32.2. The zero-order valence-corrected chi connectivity index (χ0v) is 9.02. The molecule has 7 heteroatoms. The van der Waals surface area contributed by atoms with Crippen molar-refractivity contribution in [3.05, 3.63) is 45.0 Å². The molecule has 0 unspecified atom stereocenters. The van der Waals surface area contributed by atoms with Crippen LogP contribution in [0.15, 0.2) is 24.3 Å². The number of amides is 2. The van der Waals surface area contributed by atoms with E-state index in [2.05, 4.69) is 5.32 Å². The summed E-state index contributed by atoms with van der Waals surface area (Å²) in [6.45, 7) is 0. The van der Waals surface area contributed by atoms with Crippen molar-refractivity contribution < 1.29 is 14.5 Å². The number of nitrogens with one attached hydrogen (secondary N) is 1. The molecule has 0 aliphatic carbocycles. The van der Waals surface area contributed by atoms with Gasteiger partial charge in [-0.2, -0.15) is 0 Å². The van der Waals surface area contributed by atoms with Crippen molar-refractivity contribution in [2.75, 3.05) is 0 Å². The summed E-state index contributed by atoms with van der Waals surface area (Å²) in [6, 6.07) is 3.84. The van der Waals surface area contributed by atoms with Crippen molar-refractivity contribution in [3.63, 3.8) is 0 Å². The summed E-state index contributed by atoms with van der Waals surface area (Å²) in [5, 5.41) is 12.5. The molecule has 0 saturated heterocycles. The molecule has 2 amide bonds. The number of nitro groups is 1. The first-order valence-corrected chi connectivity index (χ1v) is 4.88. The number of carbonyl (C=O) groups excluding carboxylic acids is 2. The number of nitro benzene ring substituents is 1. The summed E-state index contributed by atoms with van der Waals surface area (Å²) >= 11 is 5.70. The van der Waals surface area contributed by atoms with Crippen LogP contribution in [0.1, 0.15) is 5.56 Å². The number of nitrogens with zero attached hydrogens (tertiary/aromatic N) is 1. The van der Waals surface area contributed by atoms with E-state index < -0.39 is 16.7 Å². The minimum atomic E-state index is -0.625. The van der Waals surface area contributed by atoms with Gasteiger partial charge < -0.3 is 0 Å². The van der Waals surface area contributed by atoms with Crippen LogP contribution in [-0.2, 0) is 9.59 Å². The topological polar surface area (TPSA) is 89.3 Å². The zero-order chi connectivity index (χ0) is 12.6. The second-order valence-electron chi connectivity index (χ2n) is 3.30. The first-order valence-electron chi connectivity index (χ1n) is 4.50. The summed E-state index contributed by atoms with van der Waals surface area (Å²) in [7, 11) is 0. The van der Waals surface area contributed by atoms with Gasteiger partial charge in [-0.1, -0.05) is 11.6 Å². The molecule has 1 N–H and O–H groups in total. The van der Waals surface area contributed by atoms with Gasteiger partial charge in [0.25, 0.3) is 17.5 Å². The number of hydrogen-bond acceptors (Lipinski definition) is 4. The molecule has 1 aromatic carbocycles. The van der Waals surface area contributed by atoms with Gasteiger partial charge in [-0.15, -0.1) is 0 Å². The molecule has 1 aliphatic heterocycles. The molecule has 1 aliphatic rings. The summed E-state index contributed by atoms with van der Waals surface area (Å²) in [5.74, 6) is -1.06. The molecule has 0 bridgehead atoms. The summed E-state index contributed by atoms with van der Waals surface area (Å²) < 4.78 is 0. The number of imide groups is 1. The van der Waals surface area contributed by atoms with Crippen molar-refractivity contribution in [1.29, 1.82) is 0 Å². The number of halogens is 1. The fourth-order valence-electron chi connectivity index (χ4n) is 1.45. The average molecular weight is 253 g/mol. The van der Waals surface area contributed by atoms with Crippen molar-refractivity contribution in [2.24, 2.45) is 0 Å². The molecule has 0 aromatic heterocycles. The lowest BCUT2D eigenvalue weighted by atomic mass is 10.1. The Morgan fingerprint density at radius 1 is 1.29 bits per heavy atom. The fourth-order valence-corrected chi connectivity index (χ4v) is 1.70. The van der Waals surface area contributed by atoms with Crippen molar-refractivity contribution in [1.82, 2.24) is 5.32 Å². The van der Waals surface area contributed by atoms with Gasteiger partial charge in [0.05, 0.1) is 10.5 Å². The van der Waals surface area contributed by atoms with Gasteiger partial charge in [-0.3, -0.25) is 25.0 Å². The maximum atomic E-state index is 11.3. The molecule has 0 atom stereocenters. The third-order valence-electron chi connectivity index (χ3n) is 2.21. The Morgan fingerprint density at radius 2 is 2.00 bits per heavy atom. The highest BCUT2D eigenvalue weighted by atomic mass is 35.5. The van der Waals surface area contributed by atoms with E-state index in [4.69, 9.17) is 11.6 Å². The van der Waals surface area contributed by atoms with Crippen LogP contribution in [-0.4, -0.2) is 16.7 Å². The van der Waals surface area contributed by atoms with Crippen LogP contribution >= 0.6 is 11.6 Å². The van der Waals surface area contributed by atoms with Crippen LogP contribution in [0.4, 0.5) is 5.69 Å². The quantitative estimate of drug-likeness (QED) is 0.488. The Morgan fingerprint density at radius 3 is 2.47 bits per heavy atom. The number of rotatable bonds is 2. The molecule has 6 nitrogen and oxygen atoms in total. The van der Waals surface area contributed by atoms with Gasteiger partial charge in [0.2, 0.25) is 0 Å². The lowest BCUT2D eigenvalue weighted by Gasteiger charge is -2.01. The Labute approximate surface area is 100 Å². The predicted octanol–water partition coefficient (Wildman–Crippen LogP) is 1.29. The van der Waals surface area contributed by atoms with Gasteiger partial charge in [0.15, 0.2) is 0 Å².